The average molecular weight is 256 g/mol. The SMILES string of the molecule is COC(=O)C(C)(C)NCc1cc(C(N)=O)cs1. The second kappa shape index (κ2) is 5.29. The molecule has 0 saturated heterocycles. The van der Waals surface area contributed by atoms with E-state index in [0.717, 1.165) is 4.88 Å². The molecule has 0 spiro atoms. The molecule has 0 aliphatic heterocycles. The number of nitrogens with one attached hydrogen (secondary N) is 1. The van der Waals surface area contributed by atoms with Crippen LogP contribution < -0.4 is 11.1 Å². The van der Waals surface area contributed by atoms with Crippen molar-refractivity contribution >= 4 is 23.2 Å². The van der Waals surface area contributed by atoms with Crippen LogP contribution in [0.5, 0.6) is 0 Å². The van der Waals surface area contributed by atoms with Crippen LogP contribution in [0.15, 0.2) is 11.4 Å². The van der Waals surface area contributed by atoms with Gasteiger partial charge in [0.15, 0.2) is 0 Å². The number of carbonyl (C=O) groups excluding carboxylic acids is 2. The molecule has 0 saturated carbocycles. The molecule has 0 radical (unpaired) electrons. The first-order chi connectivity index (χ1) is 7.86. The Kier molecular flexibility index (Phi) is 4.25. The summed E-state index contributed by atoms with van der Waals surface area (Å²) < 4.78 is 4.67. The molecule has 1 heterocycles. The number of methoxy groups -OCH3 is 1. The number of hydrogen-bond donors (Lipinski definition) is 2. The molecule has 1 rings (SSSR count). The van der Waals surface area contributed by atoms with Crippen molar-refractivity contribution in [1.29, 1.82) is 0 Å². The Balaban J connectivity index is 2.61. The maximum atomic E-state index is 11.4. The fourth-order valence-electron chi connectivity index (χ4n) is 1.24. The van der Waals surface area contributed by atoms with Gasteiger partial charge in [-0.2, -0.15) is 0 Å². The number of ether oxygens (including phenoxy) is 1. The lowest BCUT2D eigenvalue weighted by atomic mass is 10.1. The standard InChI is InChI=1S/C11H16N2O3S/c1-11(2,10(15)16-3)13-5-8-4-7(6-17-8)9(12)14/h4,6,13H,5H2,1-3H3,(H2,12,14). The van der Waals surface area contributed by atoms with Gasteiger partial charge in [0.25, 0.3) is 0 Å². The highest BCUT2D eigenvalue weighted by Gasteiger charge is 2.27. The van der Waals surface area contributed by atoms with Gasteiger partial charge in [0.05, 0.1) is 12.7 Å². The normalized spacial score (nSPS) is 11.2. The van der Waals surface area contributed by atoms with Gasteiger partial charge in [-0.3, -0.25) is 14.9 Å². The van der Waals surface area contributed by atoms with Crippen LogP contribution in [0.3, 0.4) is 0 Å². The van der Waals surface area contributed by atoms with E-state index in [2.05, 4.69) is 10.1 Å². The van der Waals surface area contributed by atoms with E-state index in [4.69, 9.17) is 5.73 Å². The van der Waals surface area contributed by atoms with Crippen molar-refractivity contribution in [2.24, 2.45) is 5.73 Å². The molecule has 0 bridgehead atoms. The molecule has 1 aromatic heterocycles. The minimum atomic E-state index is -0.758. The summed E-state index contributed by atoms with van der Waals surface area (Å²) in [6.45, 7) is 3.96. The average Bonchev–Trinajstić information content (AvgIpc) is 2.74. The Morgan fingerprint density at radius 3 is 2.65 bits per heavy atom. The summed E-state index contributed by atoms with van der Waals surface area (Å²) in [5.74, 6) is -0.774. The maximum Gasteiger partial charge on any atom is 0.325 e. The largest absolute Gasteiger partial charge is 0.468 e. The van der Waals surface area contributed by atoms with Crippen molar-refractivity contribution in [2.45, 2.75) is 25.9 Å². The van der Waals surface area contributed by atoms with E-state index in [1.165, 1.54) is 18.4 Å². The Morgan fingerprint density at radius 1 is 1.53 bits per heavy atom. The van der Waals surface area contributed by atoms with Gasteiger partial charge < -0.3 is 10.5 Å². The van der Waals surface area contributed by atoms with Gasteiger partial charge in [0.1, 0.15) is 5.54 Å². The lowest BCUT2D eigenvalue weighted by molar-refractivity contribution is -0.147. The monoisotopic (exact) mass is 256 g/mol. The summed E-state index contributed by atoms with van der Waals surface area (Å²) in [6.07, 6.45) is 0. The van der Waals surface area contributed by atoms with E-state index >= 15 is 0 Å². The molecule has 0 aliphatic carbocycles. The molecule has 0 fully saturated rings. The molecule has 0 unspecified atom stereocenters. The molecular formula is C11H16N2O3S. The maximum absolute atomic E-state index is 11.4. The van der Waals surface area contributed by atoms with E-state index < -0.39 is 11.4 Å². The quantitative estimate of drug-likeness (QED) is 0.766. The molecule has 6 heteroatoms. The second-order valence-corrected chi connectivity index (χ2v) is 5.13. The lowest BCUT2D eigenvalue weighted by Crippen LogP contribution is -2.46. The second-order valence-electron chi connectivity index (χ2n) is 4.14. The summed E-state index contributed by atoms with van der Waals surface area (Å²) in [5, 5.41) is 4.76. The van der Waals surface area contributed by atoms with Gasteiger partial charge >= 0.3 is 5.97 Å². The van der Waals surface area contributed by atoms with Crippen LogP contribution >= 0.6 is 11.3 Å². The van der Waals surface area contributed by atoms with Crippen molar-refractivity contribution in [3.8, 4) is 0 Å². The number of rotatable bonds is 5. The number of esters is 1. The minimum Gasteiger partial charge on any atom is -0.468 e. The van der Waals surface area contributed by atoms with Gasteiger partial charge in [-0.15, -0.1) is 11.3 Å². The van der Waals surface area contributed by atoms with Crippen LogP contribution in [0.4, 0.5) is 0 Å². The molecular weight excluding hydrogens is 240 g/mol. The van der Waals surface area contributed by atoms with Crippen LogP contribution in [-0.2, 0) is 16.1 Å². The Morgan fingerprint density at radius 2 is 2.18 bits per heavy atom. The third-order valence-electron chi connectivity index (χ3n) is 2.34. The van der Waals surface area contributed by atoms with Crippen molar-refractivity contribution in [2.75, 3.05) is 7.11 Å². The first-order valence-electron chi connectivity index (χ1n) is 5.07. The van der Waals surface area contributed by atoms with Crippen molar-refractivity contribution in [3.05, 3.63) is 21.9 Å². The van der Waals surface area contributed by atoms with Gasteiger partial charge in [-0.25, -0.2) is 0 Å². The molecule has 5 nitrogen and oxygen atoms in total. The van der Waals surface area contributed by atoms with Crippen LogP contribution in [0.25, 0.3) is 0 Å². The Labute approximate surface area is 104 Å². The van der Waals surface area contributed by atoms with Gasteiger partial charge in [0, 0.05) is 16.8 Å². The van der Waals surface area contributed by atoms with Crippen molar-refractivity contribution < 1.29 is 14.3 Å². The van der Waals surface area contributed by atoms with Crippen molar-refractivity contribution in [1.82, 2.24) is 5.32 Å². The molecule has 94 valence electrons. The Bertz CT molecular complexity index is 426. The zero-order chi connectivity index (χ0) is 13.1. The molecule has 0 aromatic carbocycles. The minimum absolute atomic E-state index is 0.329. The Hall–Kier alpha value is -1.40. The highest BCUT2D eigenvalue weighted by atomic mass is 32.1. The number of carbonyl (C=O) groups is 2. The third-order valence-corrected chi connectivity index (χ3v) is 3.28. The van der Waals surface area contributed by atoms with Crippen LogP contribution in [0.1, 0.15) is 29.1 Å². The lowest BCUT2D eigenvalue weighted by Gasteiger charge is -2.22. The first kappa shape index (κ1) is 13.7. The smallest absolute Gasteiger partial charge is 0.325 e. The van der Waals surface area contributed by atoms with Gasteiger partial charge in [-0.05, 0) is 19.9 Å². The number of hydrogen-bond acceptors (Lipinski definition) is 5. The number of nitrogens with two attached hydrogens (primary N) is 1. The summed E-state index contributed by atoms with van der Waals surface area (Å²) in [4.78, 5) is 23.3. The van der Waals surface area contributed by atoms with Crippen LogP contribution in [0.2, 0.25) is 0 Å². The summed E-state index contributed by atoms with van der Waals surface area (Å²) in [6, 6.07) is 1.72. The molecule has 1 amide bonds. The molecule has 0 atom stereocenters. The third kappa shape index (κ3) is 3.54. The fourth-order valence-corrected chi connectivity index (χ4v) is 2.05. The molecule has 3 N–H and O–H groups in total. The summed E-state index contributed by atoms with van der Waals surface area (Å²) >= 11 is 1.42. The number of primary amides is 1. The predicted molar refractivity (Wildman–Crippen MR) is 65.8 cm³/mol. The summed E-state index contributed by atoms with van der Waals surface area (Å²) in [5.41, 5.74) is 4.88. The zero-order valence-electron chi connectivity index (χ0n) is 10.1. The summed E-state index contributed by atoms with van der Waals surface area (Å²) in [7, 11) is 1.35. The van der Waals surface area contributed by atoms with E-state index in [1.807, 2.05) is 0 Å². The van der Waals surface area contributed by atoms with Gasteiger partial charge in [-0.1, -0.05) is 0 Å². The highest BCUT2D eigenvalue weighted by molar-refractivity contribution is 7.10. The van der Waals surface area contributed by atoms with E-state index in [-0.39, 0.29) is 5.97 Å². The molecule has 1 aromatic rings. The fraction of sp³-hybridized carbons (Fsp3) is 0.455. The van der Waals surface area contributed by atoms with Crippen molar-refractivity contribution in [3.63, 3.8) is 0 Å². The number of amides is 1. The van der Waals surface area contributed by atoms with Gasteiger partial charge in [0.2, 0.25) is 5.91 Å². The molecule has 17 heavy (non-hydrogen) atoms. The van der Waals surface area contributed by atoms with E-state index in [9.17, 15) is 9.59 Å². The first-order valence-corrected chi connectivity index (χ1v) is 5.95. The topological polar surface area (TPSA) is 81.4 Å². The van der Waals surface area contributed by atoms with E-state index in [1.54, 1.807) is 25.3 Å². The highest BCUT2D eigenvalue weighted by Crippen LogP contribution is 2.15. The zero-order valence-corrected chi connectivity index (χ0v) is 10.9. The number of thiophene rings is 1. The van der Waals surface area contributed by atoms with E-state index in [0.29, 0.717) is 12.1 Å². The van der Waals surface area contributed by atoms with Crippen LogP contribution in [-0.4, -0.2) is 24.5 Å². The van der Waals surface area contributed by atoms with Crippen LogP contribution in [0, 0.1) is 0 Å². The molecule has 0 aliphatic rings. The predicted octanol–water partition coefficient (Wildman–Crippen LogP) is 0.888.